The standard InChI is InChI=1S/C12H9ClN4O/c1-17-9-3-2-7(13)6-8(9)16-12(18)10-11(17)15-5-4-14-10/h2-6H,1H3,(H,16,18). The minimum atomic E-state index is -0.286. The van der Waals surface area contributed by atoms with Crippen molar-refractivity contribution in [3.63, 3.8) is 0 Å². The molecule has 0 aliphatic carbocycles. The van der Waals surface area contributed by atoms with Crippen molar-refractivity contribution in [2.24, 2.45) is 0 Å². The van der Waals surface area contributed by atoms with Crippen LogP contribution in [0.3, 0.4) is 0 Å². The third-order valence-electron chi connectivity index (χ3n) is 2.78. The molecule has 1 aliphatic heterocycles. The van der Waals surface area contributed by atoms with Crippen LogP contribution in [0.25, 0.3) is 0 Å². The molecule has 18 heavy (non-hydrogen) atoms. The number of anilines is 3. The van der Waals surface area contributed by atoms with E-state index < -0.39 is 0 Å². The van der Waals surface area contributed by atoms with Crippen molar-refractivity contribution in [1.82, 2.24) is 9.97 Å². The summed E-state index contributed by atoms with van der Waals surface area (Å²) in [7, 11) is 1.83. The van der Waals surface area contributed by atoms with Gasteiger partial charge in [0.25, 0.3) is 5.91 Å². The van der Waals surface area contributed by atoms with Crippen LogP contribution in [0.2, 0.25) is 5.02 Å². The highest BCUT2D eigenvalue weighted by Gasteiger charge is 2.24. The molecular formula is C12H9ClN4O. The third kappa shape index (κ3) is 1.60. The zero-order chi connectivity index (χ0) is 12.7. The van der Waals surface area contributed by atoms with Gasteiger partial charge in [0.15, 0.2) is 11.5 Å². The van der Waals surface area contributed by atoms with Crippen LogP contribution in [-0.2, 0) is 0 Å². The molecule has 0 spiro atoms. The maximum absolute atomic E-state index is 12.0. The second-order valence-corrected chi connectivity index (χ2v) is 4.34. The van der Waals surface area contributed by atoms with Crippen molar-refractivity contribution in [2.75, 3.05) is 17.3 Å². The molecule has 0 radical (unpaired) electrons. The van der Waals surface area contributed by atoms with Gasteiger partial charge in [-0.2, -0.15) is 0 Å². The summed E-state index contributed by atoms with van der Waals surface area (Å²) in [6.45, 7) is 0. The number of aromatic nitrogens is 2. The number of hydrogen-bond acceptors (Lipinski definition) is 4. The number of carbonyl (C=O) groups excluding carboxylic acids is 1. The largest absolute Gasteiger partial charge is 0.326 e. The first-order valence-electron chi connectivity index (χ1n) is 5.32. The lowest BCUT2D eigenvalue weighted by molar-refractivity contribution is 0.102. The third-order valence-corrected chi connectivity index (χ3v) is 3.01. The molecule has 1 aliphatic rings. The van der Waals surface area contributed by atoms with Crippen LogP contribution >= 0.6 is 11.6 Å². The molecule has 1 aromatic carbocycles. The summed E-state index contributed by atoms with van der Waals surface area (Å²) in [5.74, 6) is 0.238. The molecule has 2 aromatic rings. The van der Waals surface area contributed by atoms with Gasteiger partial charge in [-0.1, -0.05) is 11.6 Å². The fourth-order valence-corrected chi connectivity index (χ4v) is 2.10. The van der Waals surface area contributed by atoms with Crippen LogP contribution in [0.4, 0.5) is 17.2 Å². The lowest BCUT2D eigenvalue weighted by atomic mass is 10.2. The van der Waals surface area contributed by atoms with Crippen molar-refractivity contribution in [2.45, 2.75) is 0 Å². The van der Waals surface area contributed by atoms with Crippen LogP contribution in [0, 0.1) is 0 Å². The summed E-state index contributed by atoms with van der Waals surface area (Å²) in [4.78, 5) is 22.1. The molecule has 0 bridgehead atoms. The van der Waals surface area contributed by atoms with E-state index in [0.717, 1.165) is 5.69 Å². The van der Waals surface area contributed by atoms with E-state index in [4.69, 9.17) is 11.6 Å². The Morgan fingerprint density at radius 2 is 2.06 bits per heavy atom. The molecule has 0 saturated heterocycles. The van der Waals surface area contributed by atoms with E-state index in [1.54, 1.807) is 18.3 Å². The van der Waals surface area contributed by atoms with Crippen molar-refractivity contribution in [1.29, 1.82) is 0 Å². The maximum atomic E-state index is 12.0. The maximum Gasteiger partial charge on any atom is 0.278 e. The van der Waals surface area contributed by atoms with Crippen LogP contribution in [-0.4, -0.2) is 22.9 Å². The molecule has 2 heterocycles. The second kappa shape index (κ2) is 3.96. The van der Waals surface area contributed by atoms with E-state index in [0.29, 0.717) is 22.2 Å². The Morgan fingerprint density at radius 3 is 2.89 bits per heavy atom. The van der Waals surface area contributed by atoms with E-state index in [1.165, 1.54) is 6.20 Å². The number of nitrogens with one attached hydrogen (secondary N) is 1. The van der Waals surface area contributed by atoms with E-state index in [2.05, 4.69) is 15.3 Å². The number of rotatable bonds is 0. The molecule has 1 amide bonds. The molecule has 0 unspecified atom stereocenters. The van der Waals surface area contributed by atoms with Gasteiger partial charge in [0.05, 0.1) is 11.4 Å². The lowest BCUT2D eigenvalue weighted by Gasteiger charge is -2.18. The summed E-state index contributed by atoms with van der Waals surface area (Å²) >= 11 is 5.94. The minimum absolute atomic E-state index is 0.286. The molecule has 5 nitrogen and oxygen atoms in total. The zero-order valence-corrected chi connectivity index (χ0v) is 10.3. The summed E-state index contributed by atoms with van der Waals surface area (Å²) in [5.41, 5.74) is 1.77. The predicted octanol–water partition coefficient (Wildman–Crippen LogP) is 2.46. The summed E-state index contributed by atoms with van der Waals surface area (Å²) in [6.07, 6.45) is 3.05. The highest BCUT2D eigenvalue weighted by molar-refractivity contribution is 6.31. The predicted molar refractivity (Wildman–Crippen MR) is 69.5 cm³/mol. The summed E-state index contributed by atoms with van der Waals surface area (Å²) < 4.78 is 0. The molecule has 3 rings (SSSR count). The van der Waals surface area contributed by atoms with Gasteiger partial charge in [-0.05, 0) is 18.2 Å². The lowest BCUT2D eigenvalue weighted by Crippen LogP contribution is -2.15. The average molecular weight is 261 g/mol. The van der Waals surface area contributed by atoms with Crippen molar-refractivity contribution >= 4 is 34.7 Å². The first kappa shape index (κ1) is 11.0. The molecule has 6 heteroatoms. The number of amides is 1. The Labute approximate surface area is 108 Å². The quantitative estimate of drug-likeness (QED) is 0.791. The van der Waals surface area contributed by atoms with Gasteiger partial charge in [0.1, 0.15) is 0 Å². The second-order valence-electron chi connectivity index (χ2n) is 3.90. The Bertz CT molecular complexity index is 644. The van der Waals surface area contributed by atoms with Crippen LogP contribution in [0.15, 0.2) is 30.6 Å². The molecule has 90 valence electrons. The van der Waals surface area contributed by atoms with Gasteiger partial charge >= 0.3 is 0 Å². The number of halogens is 1. The number of carbonyl (C=O) groups is 1. The molecule has 0 fully saturated rings. The normalized spacial score (nSPS) is 13.4. The van der Waals surface area contributed by atoms with Crippen LogP contribution < -0.4 is 10.2 Å². The van der Waals surface area contributed by atoms with Crippen molar-refractivity contribution < 1.29 is 4.79 Å². The first-order chi connectivity index (χ1) is 8.66. The first-order valence-corrected chi connectivity index (χ1v) is 5.70. The van der Waals surface area contributed by atoms with Crippen molar-refractivity contribution in [3.8, 4) is 0 Å². The number of fused-ring (bicyclic) bond motifs is 2. The van der Waals surface area contributed by atoms with Gasteiger partial charge in [-0.15, -0.1) is 0 Å². The minimum Gasteiger partial charge on any atom is -0.326 e. The summed E-state index contributed by atoms with van der Waals surface area (Å²) in [6, 6.07) is 5.31. The Kier molecular flexibility index (Phi) is 2.41. The fourth-order valence-electron chi connectivity index (χ4n) is 1.93. The van der Waals surface area contributed by atoms with Gasteiger partial charge in [-0.25, -0.2) is 9.97 Å². The molecule has 1 N–H and O–H groups in total. The zero-order valence-electron chi connectivity index (χ0n) is 9.51. The number of benzene rings is 1. The van der Waals surface area contributed by atoms with Gasteiger partial charge in [0, 0.05) is 24.5 Å². The van der Waals surface area contributed by atoms with Crippen LogP contribution in [0.5, 0.6) is 0 Å². The Hall–Kier alpha value is -2.14. The highest BCUT2D eigenvalue weighted by atomic mass is 35.5. The number of nitrogens with zero attached hydrogens (tertiary/aromatic N) is 3. The van der Waals surface area contributed by atoms with E-state index in [9.17, 15) is 4.79 Å². The Morgan fingerprint density at radius 1 is 1.28 bits per heavy atom. The fraction of sp³-hybridized carbons (Fsp3) is 0.0833. The molecule has 0 saturated carbocycles. The average Bonchev–Trinajstić information content (AvgIpc) is 2.47. The molecular weight excluding hydrogens is 252 g/mol. The summed E-state index contributed by atoms with van der Waals surface area (Å²) in [5, 5.41) is 3.35. The van der Waals surface area contributed by atoms with E-state index in [1.807, 2.05) is 18.0 Å². The van der Waals surface area contributed by atoms with Gasteiger partial charge in [-0.3, -0.25) is 4.79 Å². The van der Waals surface area contributed by atoms with Gasteiger partial charge in [0.2, 0.25) is 0 Å². The molecule has 0 atom stereocenters. The molecule has 1 aromatic heterocycles. The Balaban J connectivity index is 2.24. The number of hydrogen-bond donors (Lipinski definition) is 1. The highest BCUT2D eigenvalue weighted by Crippen LogP contribution is 2.35. The van der Waals surface area contributed by atoms with E-state index >= 15 is 0 Å². The SMILES string of the molecule is CN1c2ccc(Cl)cc2NC(=O)c2nccnc21. The van der Waals surface area contributed by atoms with Gasteiger partial charge < -0.3 is 10.2 Å². The monoisotopic (exact) mass is 260 g/mol. The smallest absolute Gasteiger partial charge is 0.278 e. The van der Waals surface area contributed by atoms with E-state index in [-0.39, 0.29) is 5.91 Å². The van der Waals surface area contributed by atoms with Crippen LogP contribution in [0.1, 0.15) is 10.5 Å². The topological polar surface area (TPSA) is 58.1 Å². The van der Waals surface area contributed by atoms with Crippen molar-refractivity contribution in [3.05, 3.63) is 41.3 Å².